The minimum absolute atomic E-state index is 0.0939. The molecule has 3 rings (SSSR count). The highest BCUT2D eigenvalue weighted by molar-refractivity contribution is 9.10. The Bertz CT molecular complexity index is 1110. The Labute approximate surface area is 192 Å². The normalized spacial score (nSPS) is 10.8. The Morgan fingerprint density at radius 1 is 1.26 bits per heavy atom. The molecule has 9 heteroatoms. The van der Waals surface area contributed by atoms with Crippen molar-refractivity contribution in [3.8, 4) is 11.5 Å². The topological polar surface area (TPSA) is 72.8 Å². The van der Waals surface area contributed by atoms with E-state index in [1.54, 1.807) is 36.4 Å². The largest absolute Gasteiger partial charge is 0.490 e. The van der Waals surface area contributed by atoms with Crippen LogP contribution in [0.3, 0.4) is 0 Å². The van der Waals surface area contributed by atoms with Crippen molar-refractivity contribution < 1.29 is 18.7 Å². The van der Waals surface area contributed by atoms with E-state index in [1.165, 1.54) is 24.5 Å². The molecule has 1 N–H and O–H groups in total. The van der Waals surface area contributed by atoms with Gasteiger partial charge in [-0.3, -0.25) is 4.79 Å². The highest BCUT2D eigenvalue weighted by atomic mass is 79.9. The molecule has 0 aliphatic rings. The summed E-state index contributed by atoms with van der Waals surface area (Å²) in [7, 11) is 0. The summed E-state index contributed by atoms with van der Waals surface area (Å²) in [6, 6.07) is 12.8. The fourth-order valence-corrected chi connectivity index (χ4v) is 3.41. The molecule has 0 radical (unpaired) electrons. The molecule has 31 heavy (non-hydrogen) atoms. The van der Waals surface area contributed by atoms with Crippen LogP contribution in [-0.2, 0) is 6.61 Å². The zero-order valence-electron chi connectivity index (χ0n) is 16.4. The van der Waals surface area contributed by atoms with Crippen molar-refractivity contribution in [3.63, 3.8) is 0 Å². The first-order chi connectivity index (χ1) is 15.0. The smallest absolute Gasteiger partial charge is 0.274 e. The van der Waals surface area contributed by atoms with Crippen molar-refractivity contribution in [2.75, 3.05) is 6.61 Å². The van der Waals surface area contributed by atoms with Gasteiger partial charge in [-0.15, -0.1) is 0 Å². The van der Waals surface area contributed by atoms with Crippen LogP contribution in [0, 0.1) is 5.82 Å². The number of amides is 1. The van der Waals surface area contributed by atoms with Gasteiger partial charge in [-0.1, -0.05) is 23.7 Å². The summed E-state index contributed by atoms with van der Waals surface area (Å²) in [5.41, 5.74) is 3.98. The van der Waals surface area contributed by atoms with E-state index in [9.17, 15) is 9.18 Å². The summed E-state index contributed by atoms with van der Waals surface area (Å²) in [5, 5.41) is 4.06. The number of benzene rings is 2. The van der Waals surface area contributed by atoms with E-state index in [0.29, 0.717) is 33.7 Å². The second-order valence-corrected chi connectivity index (χ2v) is 7.43. The Morgan fingerprint density at radius 2 is 2.10 bits per heavy atom. The fourth-order valence-electron chi connectivity index (χ4n) is 2.63. The third-order valence-corrected chi connectivity index (χ3v) is 4.88. The van der Waals surface area contributed by atoms with Crippen molar-refractivity contribution in [3.05, 3.63) is 86.9 Å². The van der Waals surface area contributed by atoms with Crippen LogP contribution in [0.1, 0.15) is 28.4 Å². The number of ether oxygens (including phenoxy) is 2. The number of aromatic nitrogens is 1. The van der Waals surface area contributed by atoms with Crippen molar-refractivity contribution in [2.24, 2.45) is 5.10 Å². The molecular weight excluding hydrogens is 489 g/mol. The average Bonchev–Trinajstić information content (AvgIpc) is 2.73. The quantitative estimate of drug-likeness (QED) is 0.253. The number of hydrazone groups is 1. The van der Waals surface area contributed by atoms with Crippen LogP contribution in [0.4, 0.5) is 4.39 Å². The molecule has 1 heterocycles. The number of nitrogens with one attached hydrogen (secondary N) is 1. The van der Waals surface area contributed by atoms with Crippen LogP contribution < -0.4 is 14.9 Å². The maximum absolute atomic E-state index is 13.4. The molecule has 0 fully saturated rings. The first-order valence-corrected chi connectivity index (χ1v) is 10.4. The number of pyridine rings is 1. The number of hydrogen-bond acceptors (Lipinski definition) is 5. The zero-order chi connectivity index (χ0) is 22.2. The average molecular weight is 507 g/mol. The van der Waals surface area contributed by atoms with Gasteiger partial charge in [-0.05, 0) is 70.4 Å². The molecule has 0 aliphatic heterocycles. The van der Waals surface area contributed by atoms with Gasteiger partial charge in [0.1, 0.15) is 17.6 Å². The van der Waals surface area contributed by atoms with Gasteiger partial charge < -0.3 is 9.47 Å². The van der Waals surface area contributed by atoms with Gasteiger partial charge in [0.15, 0.2) is 11.5 Å². The van der Waals surface area contributed by atoms with Crippen LogP contribution in [0.25, 0.3) is 0 Å². The Balaban J connectivity index is 1.73. The van der Waals surface area contributed by atoms with E-state index in [2.05, 4.69) is 31.4 Å². The number of rotatable bonds is 8. The summed E-state index contributed by atoms with van der Waals surface area (Å²) in [4.78, 5) is 16.0. The number of nitrogens with zero attached hydrogens (tertiary/aromatic N) is 2. The number of carbonyl (C=O) groups is 1. The van der Waals surface area contributed by atoms with Gasteiger partial charge in [0.25, 0.3) is 5.91 Å². The van der Waals surface area contributed by atoms with Gasteiger partial charge in [0.05, 0.1) is 22.9 Å². The van der Waals surface area contributed by atoms with Crippen molar-refractivity contribution in [1.82, 2.24) is 10.4 Å². The SMILES string of the molecule is CCOc1cc(C=NNC(=O)c2cccnc2Cl)cc(Br)c1OCc1cccc(F)c1. The summed E-state index contributed by atoms with van der Waals surface area (Å²) in [6.07, 6.45) is 2.96. The molecule has 3 aromatic rings. The van der Waals surface area contributed by atoms with Gasteiger partial charge in [0.2, 0.25) is 0 Å². The summed E-state index contributed by atoms with van der Waals surface area (Å²) in [6.45, 7) is 2.44. The van der Waals surface area contributed by atoms with Crippen molar-refractivity contribution in [1.29, 1.82) is 0 Å². The van der Waals surface area contributed by atoms with Crippen LogP contribution in [0.2, 0.25) is 5.15 Å². The number of carbonyl (C=O) groups excluding carboxylic acids is 1. The molecule has 2 aromatic carbocycles. The van der Waals surface area contributed by atoms with Gasteiger partial charge >= 0.3 is 0 Å². The van der Waals surface area contributed by atoms with Crippen LogP contribution in [0.5, 0.6) is 11.5 Å². The molecule has 160 valence electrons. The lowest BCUT2D eigenvalue weighted by atomic mass is 10.2. The maximum atomic E-state index is 13.4. The second kappa shape index (κ2) is 10.9. The molecule has 1 amide bonds. The molecule has 1 aromatic heterocycles. The van der Waals surface area contributed by atoms with E-state index in [1.807, 2.05) is 6.92 Å². The van der Waals surface area contributed by atoms with Gasteiger partial charge in [-0.25, -0.2) is 14.8 Å². The maximum Gasteiger partial charge on any atom is 0.274 e. The lowest BCUT2D eigenvalue weighted by Crippen LogP contribution is -2.18. The predicted molar refractivity (Wildman–Crippen MR) is 120 cm³/mol. The molecule has 6 nitrogen and oxygen atoms in total. The summed E-state index contributed by atoms with van der Waals surface area (Å²) in [5.74, 6) is 0.158. The van der Waals surface area contributed by atoms with E-state index in [0.717, 1.165) is 0 Å². The third-order valence-electron chi connectivity index (χ3n) is 3.99. The monoisotopic (exact) mass is 505 g/mol. The first kappa shape index (κ1) is 22.7. The van der Waals surface area contributed by atoms with E-state index in [4.69, 9.17) is 21.1 Å². The summed E-state index contributed by atoms with van der Waals surface area (Å²) < 4.78 is 25.5. The lowest BCUT2D eigenvalue weighted by molar-refractivity contribution is 0.0955. The second-order valence-electron chi connectivity index (χ2n) is 6.22. The minimum atomic E-state index is -0.478. The van der Waals surface area contributed by atoms with Gasteiger partial charge in [0, 0.05) is 6.20 Å². The van der Waals surface area contributed by atoms with Crippen molar-refractivity contribution >= 4 is 39.7 Å². The minimum Gasteiger partial charge on any atom is -0.490 e. The highest BCUT2D eigenvalue weighted by Crippen LogP contribution is 2.37. The summed E-state index contributed by atoms with van der Waals surface area (Å²) >= 11 is 9.38. The third kappa shape index (κ3) is 6.26. The molecule has 0 aliphatic carbocycles. The molecule has 0 bridgehead atoms. The molecule has 0 spiro atoms. The van der Waals surface area contributed by atoms with E-state index >= 15 is 0 Å². The zero-order valence-corrected chi connectivity index (χ0v) is 18.8. The molecule has 0 unspecified atom stereocenters. The fraction of sp³-hybridized carbons (Fsp3) is 0.136. The van der Waals surface area contributed by atoms with E-state index < -0.39 is 5.91 Å². The molecule has 0 saturated heterocycles. The Hall–Kier alpha value is -2.97. The van der Waals surface area contributed by atoms with Crippen LogP contribution >= 0.6 is 27.5 Å². The van der Waals surface area contributed by atoms with Gasteiger partial charge in [-0.2, -0.15) is 5.10 Å². The Kier molecular flexibility index (Phi) is 7.97. The first-order valence-electron chi connectivity index (χ1n) is 9.25. The molecule has 0 saturated carbocycles. The van der Waals surface area contributed by atoms with Crippen LogP contribution in [0.15, 0.2) is 64.3 Å². The van der Waals surface area contributed by atoms with E-state index in [-0.39, 0.29) is 23.1 Å². The van der Waals surface area contributed by atoms with Crippen LogP contribution in [-0.4, -0.2) is 23.7 Å². The molecule has 0 atom stereocenters. The highest BCUT2D eigenvalue weighted by Gasteiger charge is 2.13. The number of hydrogen-bond donors (Lipinski definition) is 1. The predicted octanol–water partition coefficient (Wildman–Crippen LogP) is 5.38. The Morgan fingerprint density at radius 3 is 2.84 bits per heavy atom. The number of halogens is 3. The standard InChI is InChI=1S/C22H18BrClFN3O3/c1-2-30-19-11-15(12-27-28-22(29)17-7-4-8-26-21(17)24)10-18(23)20(19)31-13-14-5-3-6-16(25)9-14/h3-12H,2,13H2,1H3,(H,28,29). The van der Waals surface area contributed by atoms with Crippen molar-refractivity contribution in [2.45, 2.75) is 13.5 Å². The molecular formula is C22H18BrClFN3O3. The lowest BCUT2D eigenvalue weighted by Gasteiger charge is -2.14.